The molecule has 2 saturated heterocycles. The first kappa shape index (κ1) is 13.9. The number of piperidine rings is 1. The molecule has 4 rings (SSSR count). The third kappa shape index (κ3) is 2.44. The monoisotopic (exact) mass is 299 g/mol. The van der Waals surface area contributed by atoms with Gasteiger partial charge in [0.15, 0.2) is 0 Å². The fourth-order valence-electron chi connectivity index (χ4n) is 4.26. The van der Waals surface area contributed by atoms with Crippen molar-refractivity contribution < 1.29 is 8.78 Å². The van der Waals surface area contributed by atoms with Crippen molar-refractivity contribution in [3.05, 3.63) is 71.3 Å². The summed E-state index contributed by atoms with van der Waals surface area (Å²) < 4.78 is 26.5. The SMILES string of the molecule is Fc1ccc(C2C3CCC(C[C@H]2c2ccc(F)cc2)N3)cc1. The van der Waals surface area contributed by atoms with E-state index in [1.54, 1.807) is 12.1 Å². The highest BCUT2D eigenvalue weighted by molar-refractivity contribution is 5.33. The molecule has 4 atom stereocenters. The van der Waals surface area contributed by atoms with Crippen LogP contribution in [-0.2, 0) is 0 Å². The van der Waals surface area contributed by atoms with E-state index in [4.69, 9.17) is 0 Å². The van der Waals surface area contributed by atoms with Gasteiger partial charge in [-0.15, -0.1) is 0 Å². The van der Waals surface area contributed by atoms with Gasteiger partial charge in [0.05, 0.1) is 0 Å². The Morgan fingerprint density at radius 1 is 0.773 bits per heavy atom. The van der Waals surface area contributed by atoms with Gasteiger partial charge in [-0.1, -0.05) is 24.3 Å². The summed E-state index contributed by atoms with van der Waals surface area (Å²) in [5.41, 5.74) is 2.36. The minimum atomic E-state index is -0.199. The molecule has 22 heavy (non-hydrogen) atoms. The Morgan fingerprint density at radius 2 is 1.36 bits per heavy atom. The van der Waals surface area contributed by atoms with Crippen molar-refractivity contribution in [2.24, 2.45) is 0 Å². The lowest BCUT2D eigenvalue weighted by Crippen LogP contribution is -2.43. The van der Waals surface area contributed by atoms with E-state index in [0.29, 0.717) is 23.9 Å². The molecule has 0 aliphatic carbocycles. The minimum Gasteiger partial charge on any atom is -0.311 e. The molecule has 2 aromatic carbocycles. The van der Waals surface area contributed by atoms with Gasteiger partial charge in [0.25, 0.3) is 0 Å². The quantitative estimate of drug-likeness (QED) is 0.869. The first-order chi connectivity index (χ1) is 10.7. The Kier molecular flexibility index (Phi) is 3.45. The zero-order chi connectivity index (χ0) is 15.1. The van der Waals surface area contributed by atoms with Gasteiger partial charge in [0.2, 0.25) is 0 Å². The van der Waals surface area contributed by atoms with Gasteiger partial charge in [-0.2, -0.15) is 0 Å². The van der Waals surface area contributed by atoms with E-state index >= 15 is 0 Å². The second-order valence-corrected chi connectivity index (χ2v) is 6.52. The standard InChI is InChI=1S/C19H19F2N/c20-14-5-1-12(2-6-14)17-11-16-9-10-18(22-16)19(17)13-3-7-15(21)8-4-13/h1-8,16-19,22H,9-11H2/t16?,17-,18?,19?/m0/s1. The molecule has 0 saturated carbocycles. The van der Waals surface area contributed by atoms with Crippen molar-refractivity contribution in [3.63, 3.8) is 0 Å². The predicted octanol–water partition coefficient (Wildman–Crippen LogP) is 4.36. The zero-order valence-corrected chi connectivity index (χ0v) is 12.3. The van der Waals surface area contributed by atoms with Crippen molar-refractivity contribution in [1.29, 1.82) is 0 Å². The molecule has 1 N–H and O–H groups in total. The summed E-state index contributed by atoms with van der Waals surface area (Å²) in [7, 11) is 0. The van der Waals surface area contributed by atoms with Gasteiger partial charge in [-0.25, -0.2) is 8.78 Å². The van der Waals surface area contributed by atoms with Crippen LogP contribution in [-0.4, -0.2) is 12.1 Å². The normalized spacial score (nSPS) is 30.5. The summed E-state index contributed by atoms with van der Waals surface area (Å²) in [5, 5.41) is 3.70. The van der Waals surface area contributed by atoms with E-state index in [1.807, 2.05) is 24.3 Å². The number of benzene rings is 2. The lowest BCUT2D eigenvalue weighted by molar-refractivity contribution is 0.316. The number of nitrogens with one attached hydrogen (secondary N) is 1. The van der Waals surface area contributed by atoms with Crippen LogP contribution in [0.25, 0.3) is 0 Å². The Labute approximate surface area is 129 Å². The highest BCUT2D eigenvalue weighted by Gasteiger charge is 2.42. The largest absolute Gasteiger partial charge is 0.311 e. The molecular weight excluding hydrogens is 280 g/mol. The third-order valence-electron chi connectivity index (χ3n) is 5.23. The van der Waals surface area contributed by atoms with Crippen LogP contribution >= 0.6 is 0 Å². The van der Waals surface area contributed by atoms with Crippen LogP contribution < -0.4 is 5.32 Å². The lowest BCUT2D eigenvalue weighted by Gasteiger charge is -2.38. The highest BCUT2D eigenvalue weighted by Crippen LogP contribution is 2.47. The Morgan fingerprint density at radius 3 is 2.00 bits per heavy atom. The Hall–Kier alpha value is -1.74. The number of rotatable bonds is 2. The van der Waals surface area contributed by atoms with Crippen LogP contribution in [0.2, 0.25) is 0 Å². The van der Waals surface area contributed by atoms with Gasteiger partial charge in [-0.3, -0.25) is 0 Å². The minimum absolute atomic E-state index is 0.195. The van der Waals surface area contributed by atoms with Gasteiger partial charge < -0.3 is 5.32 Å². The summed E-state index contributed by atoms with van der Waals surface area (Å²) >= 11 is 0. The van der Waals surface area contributed by atoms with Crippen molar-refractivity contribution in [3.8, 4) is 0 Å². The zero-order valence-electron chi connectivity index (χ0n) is 12.3. The molecule has 2 aromatic rings. The summed E-state index contributed by atoms with van der Waals surface area (Å²) in [5.74, 6) is 0.295. The predicted molar refractivity (Wildman–Crippen MR) is 82.8 cm³/mol. The molecule has 2 heterocycles. The maximum absolute atomic E-state index is 13.2. The number of hydrogen-bond donors (Lipinski definition) is 1. The molecule has 3 heteroatoms. The Bertz CT molecular complexity index is 650. The van der Waals surface area contributed by atoms with Crippen molar-refractivity contribution in [1.82, 2.24) is 5.32 Å². The smallest absolute Gasteiger partial charge is 0.123 e. The third-order valence-corrected chi connectivity index (χ3v) is 5.23. The average molecular weight is 299 g/mol. The van der Waals surface area contributed by atoms with Crippen LogP contribution in [0.1, 0.15) is 42.2 Å². The van der Waals surface area contributed by atoms with E-state index in [0.717, 1.165) is 12.8 Å². The molecule has 0 radical (unpaired) electrons. The molecular formula is C19H19F2N. The molecule has 0 aromatic heterocycles. The summed E-state index contributed by atoms with van der Waals surface area (Å²) in [4.78, 5) is 0. The fourth-order valence-corrected chi connectivity index (χ4v) is 4.26. The molecule has 2 aliphatic heterocycles. The second-order valence-electron chi connectivity index (χ2n) is 6.52. The molecule has 114 valence electrons. The van der Waals surface area contributed by atoms with E-state index in [-0.39, 0.29) is 11.6 Å². The van der Waals surface area contributed by atoms with Gasteiger partial charge in [0, 0.05) is 18.0 Å². The van der Waals surface area contributed by atoms with E-state index in [1.165, 1.54) is 29.7 Å². The molecule has 0 spiro atoms. The van der Waals surface area contributed by atoms with Gasteiger partial charge in [0.1, 0.15) is 11.6 Å². The summed E-state index contributed by atoms with van der Waals surface area (Å²) in [6.45, 7) is 0. The number of halogens is 2. The summed E-state index contributed by atoms with van der Waals surface area (Å²) in [6.07, 6.45) is 3.41. The van der Waals surface area contributed by atoms with Crippen LogP contribution in [0.15, 0.2) is 48.5 Å². The van der Waals surface area contributed by atoms with Crippen LogP contribution in [0, 0.1) is 11.6 Å². The van der Waals surface area contributed by atoms with Crippen LogP contribution in [0.3, 0.4) is 0 Å². The van der Waals surface area contributed by atoms with E-state index < -0.39 is 0 Å². The average Bonchev–Trinajstić information content (AvgIpc) is 2.91. The Balaban J connectivity index is 1.73. The van der Waals surface area contributed by atoms with Gasteiger partial charge in [-0.05, 0) is 60.6 Å². The molecule has 3 unspecified atom stereocenters. The molecule has 2 aliphatic rings. The van der Waals surface area contributed by atoms with Crippen molar-refractivity contribution in [2.75, 3.05) is 0 Å². The van der Waals surface area contributed by atoms with Crippen LogP contribution in [0.5, 0.6) is 0 Å². The topological polar surface area (TPSA) is 12.0 Å². The van der Waals surface area contributed by atoms with Crippen LogP contribution in [0.4, 0.5) is 8.78 Å². The molecule has 2 fully saturated rings. The van der Waals surface area contributed by atoms with E-state index in [2.05, 4.69) is 5.32 Å². The maximum atomic E-state index is 13.2. The number of fused-ring (bicyclic) bond motifs is 2. The maximum Gasteiger partial charge on any atom is 0.123 e. The lowest BCUT2D eigenvalue weighted by atomic mass is 9.73. The molecule has 2 bridgehead atoms. The van der Waals surface area contributed by atoms with Crippen molar-refractivity contribution >= 4 is 0 Å². The summed E-state index contributed by atoms with van der Waals surface area (Å²) in [6, 6.07) is 14.8. The van der Waals surface area contributed by atoms with Crippen molar-refractivity contribution in [2.45, 2.75) is 43.2 Å². The molecule has 1 nitrogen and oxygen atoms in total. The first-order valence-electron chi connectivity index (χ1n) is 7.98. The number of hydrogen-bond acceptors (Lipinski definition) is 1. The fraction of sp³-hybridized carbons (Fsp3) is 0.368. The first-order valence-corrected chi connectivity index (χ1v) is 7.98. The second kappa shape index (κ2) is 5.47. The molecule has 0 amide bonds. The highest BCUT2D eigenvalue weighted by atomic mass is 19.1. The van der Waals surface area contributed by atoms with Gasteiger partial charge >= 0.3 is 0 Å². The van der Waals surface area contributed by atoms with E-state index in [9.17, 15) is 8.78 Å².